The highest BCUT2D eigenvalue weighted by Crippen LogP contribution is 2.24. The first-order valence-electron chi connectivity index (χ1n) is 3.88. The molecular formula is C6H6N4O6. The lowest BCUT2D eigenvalue weighted by atomic mass is 10.6. The summed E-state index contributed by atoms with van der Waals surface area (Å²) in [5, 5.41) is 21.0. The Morgan fingerprint density at radius 2 is 2.12 bits per heavy atom. The maximum absolute atomic E-state index is 10.9. The molecule has 0 aliphatic rings. The van der Waals surface area contributed by atoms with E-state index in [1.165, 1.54) is 0 Å². The highest BCUT2D eigenvalue weighted by molar-refractivity contribution is 5.69. The van der Waals surface area contributed by atoms with Crippen molar-refractivity contribution in [3.05, 3.63) is 26.6 Å². The van der Waals surface area contributed by atoms with Gasteiger partial charge in [-0.25, -0.2) is 4.79 Å². The standard InChI is InChI=1S/C6H6N4O6/c1-16-4(11)2-8-3-7-5(9(12)13)6(8)10(14)15/h3H,2H2,1H3. The van der Waals surface area contributed by atoms with E-state index in [0.717, 1.165) is 18.0 Å². The normalized spacial score (nSPS) is 9.81. The minimum atomic E-state index is -0.994. The van der Waals surface area contributed by atoms with Crippen LogP contribution in [0.15, 0.2) is 6.33 Å². The number of ether oxygens (including phenoxy) is 1. The van der Waals surface area contributed by atoms with Crippen molar-refractivity contribution in [1.29, 1.82) is 0 Å². The number of nitro groups is 2. The van der Waals surface area contributed by atoms with E-state index in [-0.39, 0.29) is 0 Å². The lowest BCUT2D eigenvalue weighted by Gasteiger charge is -1.97. The SMILES string of the molecule is COC(=O)Cn1cnc([N+](=O)[O-])c1[N+](=O)[O-]. The quantitative estimate of drug-likeness (QED) is 0.400. The number of nitrogens with zero attached hydrogens (tertiary/aromatic N) is 4. The van der Waals surface area contributed by atoms with Crippen LogP contribution in [0.5, 0.6) is 0 Å². The average molecular weight is 230 g/mol. The maximum Gasteiger partial charge on any atom is 0.462 e. The van der Waals surface area contributed by atoms with Gasteiger partial charge in [-0.3, -0.25) is 0 Å². The van der Waals surface area contributed by atoms with Crippen LogP contribution in [0.25, 0.3) is 0 Å². The van der Waals surface area contributed by atoms with Crippen LogP contribution in [0.2, 0.25) is 0 Å². The zero-order chi connectivity index (χ0) is 12.3. The van der Waals surface area contributed by atoms with E-state index in [4.69, 9.17) is 0 Å². The van der Waals surface area contributed by atoms with Crippen LogP contribution in [0.4, 0.5) is 11.6 Å². The fraction of sp³-hybridized carbons (Fsp3) is 0.333. The predicted molar refractivity (Wildman–Crippen MR) is 47.6 cm³/mol. The molecule has 16 heavy (non-hydrogen) atoms. The Morgan fingerprint density at radius 3 is 2.56 bits per heavy atom. The van der Waals surface area contributed by atoms with Gasteiger partial charge in [0.1, 0.15) is 0 Å². The Morgan fingerprint density at radius 1 is 1.50 bits per heavy atom. The van der Waals surface area contributed by atoms with Gasteiger partial charge in [-0.05, 0) is 9.85 Å². The second-order valence-electron chi connectivity index (χ2n) is 2.61. The Kier molecular flexibility index (Phi) is 3.13. The minimum absolute atomic E-state index is 0.506. The average Bonchev–Trinajstić information content (AvgIpc) is 2.61. The molecule has 0 radical (unpaired) electrons. The molecule has 0 bridgehead atoms. The van der Waals surface area contributed by atoms with E-state index in [1.807, 2.05) is 0 Å². The summed E-state index contributed by atoms with van der Waals surface area (Å²) in [6, 6.07) is 0. The van der Waals surface area contributed by atoms with Gasteiger partial charge in [0.25, 0.3) is 6.33 Å². The summed E-state index contributed by atoms with van der Waals surface area (Å²) >= 11 is 0. The molecule has 0 unspecified atom stereocenters. The molecular weight excluding hydrogens is 224 g/mol. The van der Waals surface area contributed by atoms with Crippen molar-refractivity contribution >= 4 is 17.6 Å². The first-order chi connectivity index (χ1) is 7.47. The van der Waals surface area contributed by atoms with Crippen LogP contribution in [-0.4, -0.2) is 32.5 Å². The molecule has 10 nitrogen and oxygen atoms in total. The van der Waals surface area contributed by atoms with Gasteiger partial charge in [0.15, 0.2) is 6.54 Å². The Bertz CT molecular complexity index is 452. The third-order valence-electron chi connectivity index (χ3n) is 1.66. The summed E-state index contributed by atoms with van der Waals surface area (Å²) in [6.07, 6.45) is 0.840. The molecule has 0 saturated carbocycles. The molecule has 1 aromatic rings. The van der Waals surface area contributed by atoms with Crippen molar-refractivity contribution in [2.75, 3.05) is 7.11 Å². The third-order valence-corrected chi connectivity index (χ3v) is 1.66. The number of imidazole rings is 1. The first kappa shape index (κ1) is 11.6. The second-order valence-corrected chi connectivity index (χ2v) is 2.61. The molecule has 10 heteroatoms. The number of aromatic nitrogens is 2. The first-order valence-corrected chi connectivity index (χ1v) is 3.88. The number of carbonyl (C=O) groups excluding carboxylic acids is 1. The Hall–Kier alpha value is -2.52. The van der Waals surface area contributed by atoms with Gasteiger partial charge in [0.2, 0.25) is 0 Å². The largest absolute Gasteiger partial charge is 0.466 e. The summed E-state index contributed by atoms with van der Waals surface area (Å²) < 4.78 is 5.02. The van der Waals surface area contributed by atoms with Crippen molar-refractivity contribution in [1.82, 2.24) is 9.55 Å². The molecule has 0 atom stereocenters. The summed E-state index contributed by atoms with van der Waals surface area (Å²) in [5.74, 6) is -2.53. The van der Waals surface area contributed by atoms with Gasteiger partial charge in [0.05, 0.1) is 7.11 Å². The highest BCUT2D eigenvalue weighted by Gasteiger charge is 2.33. The van der Waals surface area contributed by atoms with Crippen molar-refractivity contribution in [3.63, 3.8) is 0 Å². The number of methoxy groups -OCH3 is 1. The van der Waals surface area contributed by atoms with Gasteiger partial charge in [-0.15, -0.1) is 0 Å². The topological polar surface area (TPSA) is 130 Å². The van der Waals surface area contributed by atoms with Gasteiger partial charge < -0.3 is 25.0 Å². The van der Waals surface area contributed by atoms with E-state index in [0.29, 0.717) is 0 Å². The van der Waals surface area contributed by atoms with Gasteiger partial charge >= 0.3 is 17.6 Å². The van der Waals surface area contributed by atoms with Gasteiger partial charge in [-0.1, -0.05) is 0 Å². The lowest BCUT2D eigenvalue weighted by molar-refractivity contribution is -0.428. The Labute approximate surface area is 87.7 Å². The van der Waals surface area contributed by atoms with Crippen LogP contribution in [0, 0.1) is 20.2 Å². The molecule has 0 aliphatic carbocycles. The highest BCUT2D eigenvalue weighted by atomic mass is 16.6. The van der Waals surface area contributed by atoms with Crippen molar-refractivity contribution in [2.45, 2.75) is 6.54 Å². The fourth-order valence-electron chi connectivity index (χ4n) is 1.000. The lowest BCUT2D eigenvalue weighted by Crippen LogP contribution is -2.12. The van der Waals surface area contributed by atoms with E-state index in [9.17, 15) is 25.0 Å². The number of rotatable bonds is 4. The minimum Gasteiger partial charge on any atom is -0.466 e. The molecule has 0 amide bonds. The van der Waals surface area contributed by atoms with Gasteiger partial charge in [0, 0.05) is 4.98 Å². The van der Waals surface area contributed by atoms with E-state index < -0.39 is 34.0 Å². The van der Waals surface area contributed by atoms with Crippen molar-refractivity contribution in [2.24, 2.45) is 0 Å². The smallest absolute Gasteiger partial charge is 0.462 e. The zero-order valence-electron chi connectivity index (χ0n) is 8.02. The molecule has 0 aromatic carbocycles. The van der Waals surface area contributed by atoms with Crippen LogP contribution in [0.1, 0.15) is 0 Å². The number of carbonyl (C=O) groups is 1. The van der Waals surface area contributed by atoms with Crippen molar-refractivity contribution < 1.29 is 19.4 Å². The number of esters is 1. The van der Waals surface area contributed by atoms with E-state index in [1.54, 1.807) is 0 Å². The van der Waals surface area contributed by atoms with Crippen LogP contribution in [-0.2, 0) is 16.1 Å². The molecule has 0 spiro atoms. The summed E-state index contributed by atoms with van der Waals surface area (Å²) in [4.78, 5) is 33.1. The third kappa shape index (κ3) is 2.10. The molecule has 0 fully saturated rings. The van der Waals surface area contributed by atoms with Crippen LogP contribution in [0.3, 0.4) is 0 Å². The predicted octanol–water partition coefficient (Wildman–Crippen LogP) is -0.127. The van der Waals surface area contributed by atoms with Crippen LogP contribution >= 0.6 is 0 Å². The number of hydrogen-bond donors (Lipinski definition) is 0. The summed E-state index contributed by atoms with van der Waals surface area (Å²) in [7, 11) is 1.10. The monoisotopic (exact) mass is 230 g/mol. The van der Waals surface area contributed by atoms with Gasteiger partial charge in [-0.2, -0.15) is 4.57 Å². The summed E-state index contributed by atoms with van der Waals surface area (Å²) in [5.41, 5.74) is 0. The fourth-order valence-corrected chi connectivity index (χ4v) is 1.000. The zero-order valence-corrected chi connectivity index (χ0v) is 8.02. The molecule has 1 aromatic heterocycles. The van der Waals surface area contributed by atoms with E-state index in [2.05, 4.69) is 9.72 Å². The number of hydrogen-bond acceptors (Lipinski definition) is 7. The molecule has 1 heterocycles. The molecule has 1 rings (SSSR count). The van der Waals surface area contributed by atoms with Crippen molar-refractivity contribution in [3.8, 4) is 0 Å². The summed E-state index contributed by atoms with van der Waals surface area (Å²) in [6.45, 7) is -0.506. The molecule has 0 N–H and O–H groups in total. The van der Waals surface area contributed by atoms with Crippen LogP contribution < -0.4 is 0 Å². The van der Waals surface area contributed by atoms with E-state index >= 15 is 0 Å². The maximum atomic E-state index is 10.9. The Balaban J connectivity index is 3.15. The molecule has 0 aliphatic heterocycles. The molecule has 86 valence electrons. The molecule has 0 saturated heterocycles. The second kappa shape index (κ2) is 4.33.